The Labute approximate surface area is 144 Å². The van der Waals surface area contributed by atoms with Crippen molar-refractivity contribution >= 4 is 59.6 Å². The van der Waals surface area contributed by atoms with E-state index in [2.05, 4.69) is 33.4 Å². The Balaban J connectivity index is 2.06. The summed E-state index contributed by atoms with van der Waals surface area (Å²) in [6.07, 6.45) is 0. The van der Waals surface area contributed by atoms with Crippen LogP contribution in [0.5, 0.6) is 11.5 Å². The molecule has 1 aromatic carbocycles. The van der Waals surface area contributed by atoms with Gasteiger partial charge >= 0.3 is 0 Å². The monoisotopic (exact) mass is 402 g/mol. The molecular formula is C15H12BrClO2S2. The zero-order valence-electron chi connectivity index (χ0n) is 11.4. The second-order valence-electron chi connectivity index (χ2n) is 4.36. The first kappa shape index (κ1) is 15.2. The van der Waals surface area contributed by atoms with Crippen molar-refractivity contribution in [3.63, 3.8) is 0 Å². The van der Waals surface area contributed by atoms with Crippen molar-refractivity contribution < 1.29 is 9.47 Å². The number of fused-ring (bicyclic) bond motifs is 1. The van der Waals surface area contributed by atoms with E-state index in [0.717, 1.165) is 20.7 Å². The molecule has 1 unspecified atom stereocenters. The second kappa shape index (κ2) is 6.16. The standard InChI is InChI=1S/C15H12BrClO2S2/c1-18-9-4-3-8(15(19-2)13(9)16)14(17)12-7-11-10(21-12)5-6-20-11/h3-7,14H,1-2H3. The molecule has 6 heteroatoms. The maximum atomic E-state index is 6.68. The van der Waals surface area contributed by atoms with Crippen LogP contribution in [0.15, 0.2) is 34.1 Å². The van der Waals surface area contributed by atoms with Gasteiger partial charge in [0.2, 0.25) is 0 Å². The fourth-order valence-electron chi connectivity index (χ4n) is 2.18. The van der Waals surface area contributed by atoms with Crippen LogP contribution in [0.3, 0.4) is 0 Å². The SMILES string of the molecule is COc1ccc(C(Cl)c2cc3sccc3s2)c(OC)c1Br. The van der Waals surface area contributed by atoms with Crippen molar-refractivity contribution in [2.24, 2.45) is 0 Å². The van der Waals surface area contributed by atoms with Crippen LogP contribution >= 0.6 is 50.2 Å². The van der Waals surface area contributed by atoms with Gasteiger partial charge in [0.05, 0.1) is 19.6 Å². The van der Waals surface area contributed by atoms with Crippen LogP contribution < -0.4 is 9.47 Å². The van der Waals surface area contributed by atoms with Crippen LogP contribution in [0.25, 0.3) is 9.40 Å². The molecule has 0 N–H and O–H groups in total. The van der Waals surface area contributed by atoms with Gasteiger partial charge in [0.15, 0.2) is 0 Å². The number of benzene rings is 1. The summed E-state index contributed by atoms with van der Waals surface area (Å²) in [7, 11) is 3.27. The highest BCUT2D eigenvalue weighted by Gasteiger charge is 2.22. The average molecular weight is 404 g/mol. The van der Waals surface area contributed by atoms with Gasteiger partial charge in [0.25, 0.3) is 0 Å². The zero-order valence-corrected chi connectivity index (χ0v) is 15.3. The summed E-state index contributed by atoms with van der Waals surface area (Å²) in [6.45, 7) is 0. The summed E-state index contributed by atoms with van der Waals surface area (Å²) < 4.78 is 14.1. The van der Waals surface area contributed by atoms with E-state index in [0.29, 0.717) is 5.75 Å². The van der Waals surface area contributed by atoms with Crippen molar-refractivity contribution in [3.8, 4) is 11.5 Å². The number of alkyl halides is 1. The summed E-state index contributed by atoms with van der Waals surface area (Å²) in [5.74, 6) is 1.44. The van der Waals surface area contributed by atoms with Gasteiger partial charge in [-0.1, -0.05) is 0 Å². The topological polar surface area (TPSA) is 18.5 Å². The van der Waals surface area contributed by atoms with Gasteiger partial charge in [0, 0.05) is 19.8 Å². The molecule has 0 fully saturated rings. The third-order valence-corrected chi connectivity index (χ3v) is 6.71. The van der Waals surface area contributed by atoms with Crippen LogP contribution in [-0.2, 0) is 0 Å². The minimum absolute atomic E-state index is 0.244. The Hall–Kier alpha value is -0.750. The first-order chi connectivity index (χ1) is 10.2. The van der Waals surface area contributed by atoms with Gasteiger partial charge in [-0.05, 0) is 45.6 Å². The van der Waals surface area contributed by atoms with E-state index in [9.17, 15) is 0 Å². The molecule has 0 bridgehead atoms. The average Bonchev–Trinajstić information content (AvgIpc) is 3.07. The van der Waals surface area contributed by atoms with Gasteiger partial charge in [-0.25, -0.2) is 0 Å². The summed E-state index contributed by atoms with van der Waals surface area (Å²) in [6, 6.07) is 8.13. The van der Waals surface area contributed by atoms with Gasteiger partial charge in [-0.3, -0.25) is 0 Å². The number of thiophene rings is 2. The van der Waals surface area contributed by atoms with Crippen molar-refractivity contribution in [1.82, 2.24) is 0 Å². The van der Waals surface area contributed by atoms with E-state index in [1.807, 2.05) is 12.1 Å². The number of hydrogen-bond donors (Lipinski definition) is 0. The molecule has 2 aromatic heterocycles. The van der Waals surface area contributed by atoms with E-state index >= 15 is 0 Å². The largest absolute Gasteiger partial charge is 0.495 e. The van der Waals surface area contributed by atoms with Crippen LogP contribution in [-0.4, -0.2) is 14.2 Å². The molecule has 0 saturated heterocycles. The fraction of sp³-hybridized carbons (Fsp3) is 0.200. The minimum Gasteiger partial charge on any atom is -0.495 e. The van der Waals surface area contributed by atoms with Gasteiger partial charge in [0.1, 0.15) is 16.0 Å². The molecule has 2 nitrogen and oxygen atoms in total. The summed E-state index contributed by atoms with van der Waals surface area (Å²) in [4.78, 5) is 1.12. The molecule has 0 radical (unpaired) electrons. The van der Waals surface area contributed by atoms with Crippen molar-refractivity contribution in [2.75, 3.05) is 14.2 Å². The van der Waals surface area contributed by atoms with Gasteiger partial charge in [-0.15, -0.1) is 34.3 Å². The van der Waals surface area contributed by atoms with Crippen molar-refractivity contribution in [3.05, 3.63) is 44.6 Å². The number of halogens is 2. The molecule has 0 aliphatic heterocycles. The highest BCUT2D eigenvalue weighted by molar-refractivity contribution is 9.10. The Bertz CT molecular complexity index is 753. The van der Waals surface area contributed by atoms with Gasteiger partial charge in [-0.2, -0.15) is 0 Å². The predicted octanol–water partition coefficient (Wildman–Crippen LogP) is 6.07. The highest BCUT2D eigenvalue weighted by Crippen LogP contribution is 2.46. The van der Waals surface area contributed by atoms with E-state index in [1.165, 1.54) is 9.40 Å². The Kier molecular flexibility index (Phi) is 4.45. The highest BCUT2D eigenvalue weighted by atomic mass is 79.9. The van der Waals surface area contributed by atoms with E-state index in [1.54, 1.807) is 36.9 Å². The quantitative estimate of drug-likeness (QED) is 0.492. The lowest BCUT2D eigenvalue weighted by atomic mass is 10.1. The molecule has 1 atom stereocenters. The molecule has 0 spiro atoms. The molecule has 0 amide bonds. The summed E-state index contributed by atoms with van der Waals surface area (Å²) in [5, 5.41) is 1.85. The van der Waals surface area contributed by atoms with Crippen LogP contribution in [0.1, 0.15) is 15.8 Å². The normalized spacial score (nSPS) is 12.6. The van der Waals surface area contributed by atoms with Crippen molar-refractivity contribution in [2.45, 2.75) is 5.38 Å². The molecule has 0 aliphatic carbocycles. The fourth-order valence-corrected chi connectivity index (χ4v) is 5.35. The maximum Gasteiger partial charge on any atom is 0.141 e. The van der Waals surface area contributed by atoms with Crippen LogP contribution in [0.4, 0.5) is 0 Å². The summed E-state index contributed by atoms with van der Waals surface area (Å²) >= 11 is 13.7. The maximum absolute atomic E-state index is 6.68. The lowest BCUT2D eigenvalue weighted by Crippen LogP contribution is -1.98. The lowest BCUT2D eigenvalue weighted by molar-refractivity contribution is 0.386. The smallest absolute Gasteiger partial charge is 0.141 e. The molecular weight excluding hydrogens is 392 g/mol. The molecule has 2 heterocycles. The second-order valence-corrected chi connectivity index (χ2v) is 7.66. The van der Waals surface area contributed by atoms with Crippen LogP contribution in [0, 0.1) is 0 Å². The number of methoxy groups -OCH3 is 2. The van der Waals surface area contributed by atoms with E-state index in [4.69, 9.17) is 21.1 Å². The molecule has 0 saturated carbocycles. The first-order valence-corrected chi connectivity index (χ1v) is 9.09. The van der Waals surface area contributed by atoms with E-state index < -0.39 is 0 Å². The summed E-state index contributed by atoms with van der Waals surface area (Å²) in [5.41, 5.74) is 0.931. The number of ether oxygens (including phenoxy) is 2. The predicted molar refractivity (Wildman–Crippen MR) is 94.6 cm³/mol. The molecule has 0 aliphatic rings. The third-order valence-electron chi connectivity index (χ3n) is 3.20. The molecule has 110 valence electrons. The minimum atomic E-state index is -0.244. The third kappa shape index (κ3) is 2.68. The Morgan fingerprint density at radius 1 is 1.14 bits per heavy atom. The van der Waals surface area contributed by atoms with E-state index in [-0.39, 0.29) is 5.38 Å². The van der Waals surface area contributed by atoms with Crippen LogP contribution in [0.2, 0.25) is 0 Å². The molecule has 21 heavy (non-hydrogen) atoms. The van der Waals surface area contributed by atoms with Gasteiger partial charge < -0.3 is 9.47 Å². The first-order valence-electron chi connectivity index (χ1n) is 6.17. The zero-order chi connectivity index (χ0) is 15.0. The number of rotatable bonds is 4. The lowest BCUT2D eigenvalue weighted by Gasteiger charge is -2.16. The van der Waals surface area contributed by atoms with Crippen molar-refractivity contribution in [1.29, 1.82) is 0 Å². The Morgan fingerprint density at radius 3 is 2.62 bits per heavy atom. The molecule has 3 aromatic rings. The molecule has 3 rings (SSSR count). The number of hydrogen-bond acceptors (Lipinski definition) is 4. The Morgan fingerprint density at radius 2 is 1.95 bits per heavy atom.